The SMILES string of the molecule is CC(C)(C)c1ccc([C@H]2C[C@@H]2C(=O)NN=C2CCC(C(C)(C)C)CC2)cc1. The van der Waals surface area contributed by atoms with E-state index in [1.165, 1.54) is 24.0 Å². The summed E-state index contributed by atoms with van der Waals surface area (Å²) >= 11 is 0. The smallest absolute Gasteiger partial charge is 0.243 e. The molecule has 2 aliphatic carbocycles. The number of hydrogen-bond donors (Lipinski definition) is 1. The van der Waals surface area contributed by atoms with E-state index in [9.17, 15) is 4.79 Å². The van der Waals surface area contributed by atoms with Crippen LogP contribution in [0, 0.1) is 17.3 Å². The summed E-state index contributed by atoms with van der Waals surface area (Å²) in [5, 5.41) is 4.45. The van der Waals surface area contributed by atoms with Crippen molar-refractivity contribution in [3.8, 4) is 0 Å². The van der Waals surface area contributed by atoms with Crippen molar-refractivity contribution in [3.05, 3.63) is 35.4 Å². The van der Waals surface area contributed by atoms with Crippen LogP contribution in [-0.4, -0.2) is 11.6 Å². The molecule has 3 heteroatoms. The number of benzene rings is 1. The average molecular weight is 369 g/mol. The maximum absolute atomic E-state index is 12.5. The number of amides is 1. The first kappa shape index (κ1) is 20.1. The van der Waals surface area contributed by atoms with Crippen LogP contribution in [0.4, 0.5) is 0 Å². The molecule has 3 rings (SSSR count). The molecule has 2 aliphatic rings. The molecule has 0 radical (unpaired) electrons. The van der Waals surface area contributed by atoms with Gasteiger partial charge in [0.05, 0.1) is 0 Å². The fraction of sp³-hybridized carbons (Fsp3) is 0.667. The fourth-order valence-corrected chi connectivity index (χ4v) is 4.23. The molecule has 3 nitrogen and oxygen atoms in total. The normalized spacial score (nSPS) is 25.9. The highest BCUT2D eigenvalue weighted by atomic mass is 16.2. The second-order valence-electron chi connectivity index (χ2n) is 10.6. The van der Waals surface area contributed by atoms with Crippen LogP contribution in [0.3, 0.4) is 0 Å². The molecule has 0 saturated heterocycles. The number of rotatable bonds is 3. The van der Waals surface area contributed by atoms with Gasteiger partial charge in [0.25, 0.3) is 0 Å². The van der Waals surface area contributed by atoms with Crippen LogP contribution < -0.4 is 5.43 Å². The number of hydrazone groups is 1. The zero-order chi connectivity index (χ0) is 19.8. The molecule has 1 amide bonds. The Morgan fingerprint density at radius 2 is 1.59 bits per heavy atom. The van der Waals surface area contributed by atoms with Gasteiger partial charge in [0.15, 0.2) is 0 Å². The van der Waals surface area contributed by atoms with Gasteiger partial charge in [-0.25, -0.2) is 5.43 Å². The first-order valence-electron chi connectivity index (χ1n) is 10.5. The van der Waals surface area contributed by atoms with Crippen molar-refractivity contribution in [2.75, 3.05) is 0 Å². The van der Waals surface area contributed by atoms with Gasteiger partial charge >= 0.3 is 0 Å². The van der Waals surface area contributed by atoms with Crippen LogP contribution in [-0.2, 0) is 10.2 Å². The Kier molecular flexibility index (Phi) is 5.52. The van der Waals surface area contributed by atoms with Gasteiger partial charge in [0, 0.05) is 11.6 Å². The van der Waals surface area contributed by atoms with E-state index in [1.54, 1.807) is 0 Å². The number of nitrogens with zero attached hydrogens (tertiary/aromatic N) is 1. The third-order valence-corrected chi connectivity index (χ3v) is 6.44. The third kappa shape index (κ3) is 5.00. The molecule has 0 unspecified atom stereocenters. The van der Waals surface area contributed by atoms with Gasteiger partial charge in [-0.15, -0.1) is 0 Å². The summed E-state index contributed by atoms with van der Waals surface area (Å²) in [6.45, 7) is 13.6. The molecule has 0 aliphatic heterocycles. The van der Waals surface area contributed by atoms with Crippen molar-refractivity contribution in [1.82, 2.24) is 5.43 Å². The highest BCUT2D eigenvalue weighted by molar-refractivity contribution is 5.88. The summed E-state index contributed by atoms with van der Waals surface area (Å²) in [4.78, 5) is 12.5. The van der Waals surface area contributed by atoms with Crippen molar-refractivity contribution in [2.45, 2.75) is 85.0 Å². The summed E-state index contributed by atoms with van der Waals surface area (Å²) in [5.41, 5.74) is 7.17. The summed E-state index contributed by atoms with van der Waals surface area (Å²) < 4.78 is 0. The molecule has 1 aromatic carbocycles. The molecule has 148 valence electrons. The predicted octanol–water partition coefficient (Wildman–Crippen LogP) is 5.80. The molecule has 2 fully saturated rings. The lowest BCUT2D eigenvalue weighted by atomic mass is 9.72. The molecule has 2 atom stereocenters. The summed E-state index contributed by atoms with van der Waals surface area (Å²) in [7, 11) is 0. The molecule has 0 aromatic heterocycles. The van der Waals surface area contributed by atoms with Gasteiger partial charge in [0.2, 0.25) is 5.91 Å². The zero-order valence-electron chi connectivity index (χ0n) is 17.9. The van der Waals surface area contributed by atoms with Crippen LogP contribution in [0.25, 0.3) is 0 Å². The van der Waals surface area contributed by atoms with E-state index >= 15 is 0 Å². The number of hydrogen-bond acceptors (Lipinski definition) is 2. The van der Waals surface area contributed by atoms with Crippen molar-refractivity contribution < 1.29 is 4.79 Å². The van der Waals surface area contributed by atoms with Crippen molar-refractivity contribution in [1.29, 1.82) is 0 Å². The van der Waals surface area contributed by atoms with Crippen molar-refractivity contribution in [3.63, 3.8) is 0 Å². The molecule has 0 heterocycles. The molecule has 27 heavy (non-hydrogen) atoms. The standard InChI is InChI=1S/C24H36N2O/c1-23(2,3)17-9-7-16(8-10-17)20-15-21(20)22(27)26-25-19-13-11-18(12-14-19)24(4,5)6/h7-10,18,20-21H,11-15H2,1-6H3,(H,26,27)/t18?,20-,21+/m1/s1. The second-order valence-corrected chi connectivity index (χ2v) is 10.6. The largest absolute Gasteiger partial charge is 0.273 e. The highest BCUT2D eigenvalue weighted by Gasteiger charge is 2.44. The van der Waals surface area contributed by atoms with Crippen molar-refractivity contribution >= 4 is 11.6 Å². The molecule has 0 spiro atoms. The summed E-state index contributed by atoms with van der Waals surface area (Å²) in [6, 6.07) is 8.80. The van der Waals surface area contributed by atoms with Gasteiger partial charge in [0.1, 0.15) is 0 Å². The van der Waals surface area contributed by atoms with Gasteiger partial charge in [-0.05, 0) is 65.9 Å². The maximum atomic E-state index is 12.5. The van der Waals surface area contributed by atoms with Gasteiger partial charge in [-0.2, -0.15) is 5.10 Å². The average Bonchev–Trinajstić information content (AvgIpc) is 3.39. The molecule has 2 saturated carbocycles. The second kappa shape index (κ2) is 7.41. The van der Waals surface area contributed by atoms with Crippen molar-refractivity contribution in [2.24, 2.45) is 22.4 Å². The quantitative estimate of drug-likeness (QED) is 0.673. The van der Waals surface area contributed by atoms with E-state index in [1.807, 2.05) is 0 Å². The minimum absolute atomic E-state index is 0.0840. The predicted molar refractivity (Wildman–Crippen MR) is 113 cm³/mol. The Bertz CT molecular complexity index is 693. The lowest BCUT2D eigenvalue weighted by molar-refractivity contribution is -0.122. The molecule has 1 N–H and O–H groups in total. The number of carbonyl (C=O) groups excluding carboxylic acids is 1. The Morgan fingerprint density at radius 1 is 1.00 bits per heavy atom. The van der Waals surface area contributed by atoms with Gasteiger partial charge < -0.3 is 0 Å². The Morgan fingerprint density at radius 3 is 2.11 bits per heavy atom. The lowest BCUT2D eigenvalue weighted by Gasteiger charge is -2.34. The zero-order valence-corrected chi connectivity index (χ0v) is 17.9. The fourth-order valence-electron chi connectivity index (χ4n) is 4.23. The molecule has 0 bridgehead atoms. The Hall–Kier alpha value is -1.64. The maximum Gasteiger partial charge on any atom is 0.243 e. The van der Waals surface area contributed by atoms with Crippen LogP contribution >= 0.6 is 0 Å². The molecular formula is C24H36N2O. The first-order chi connectivity index (χ1) is 12.6. The number of nitrogens with one attached hydrogen (secondary N) is 1. The van der Waals surface area contributed by atoms with Gasteiger partial charge in [-0.1, -0.05) is 65.8 Å². The van der Waals surface area contributed by atoms with E-state index in [-0.39, 0.29) is 17.2 Å². The molecular weight excluding hydrogens is 332 g/mol. The van der Waals surface area contributed by atoms with E-state index in [0.29, 0.717) is 11.3 Å². The van der Waals surface area contributed by atoms with Crippen LogP contribution in [0.2, 0.25) is 0 Å². The van der Waals surface area contributed by atoms with E-state index in [2.05, 4.69) is 76.3 Å². The number of carbonyl (C=O) groups is 1. The van der Waals surface area contributed by atoms with Crippen LogP contribution in [0.1, 0.15) is 90.7 Å². The Labute approximate surface area is 165 Å². The molecule has 1 aromatic rings. The minimum Gasteiger partial charge on any atom is -0.273 e. The monoisotopic (exact) mass is 368 g/mol. The summed E-state index contributed by atoms with van der Waals surface area (Å²) in [6.07, 6.45) is 5.35. The minimum atomic E-state index is 0.0840. The van der Waals surface area contributed by atoms with Gasteiger partial charge in [-0.3, -0.25) is 4.79 Å². The van der Waals surface area contributed by atoms with E-state index in [4.69, 9.17) is 0 Å². The Balaban J connectivity index is 1.49. The first-order valence-corrected chi connectivity index (χ1v) is 10.5. The topological polar surface area (TPSA) is 41.5 Å². The van der Waals surface area contributed by atoms with Crippen LogP contribution in [0.5, 0.6) is 0 Å². The highest BCUT2D eigenvalue weighted by Crippen LogP contribution is 2.47. The summed E-state index contributed by atoms with van der Waals surface area (Å²) in [5.74, 6) is 1.29. The van der Waals surface area contributed by atoms with E-state index < -0.39 is 0 Å². The van der Waals surface area contributed by atoms with Crippen LogP contribution in [0.15, 0.2) is 29.4 Å². The van der Waals surface area contributed by atoms with E-state index in [0.717, 1.165) is 30.9 Å². The third-order valence-electron chi connectivity index (χ3n) is 6.44. The lowest BCUT2D eigenvalue weighted by Crippen LogP contribution is -2.28.